The number of nitrogens with zero attached hydrogens (tertiary/aromatic N) is 3. The van der Waals surface area contributed by atoms with Crippen LogP contribution in [0.15, 0.2) is 28.5 Å². The van der Waals surface area contributed by atoms with Crippen LogP contribution in [0.5, 0.6) is 0 Å². The second-order valence-electron chi connectivity index (χ2n) is 4.59. The summed E-state index contributed by atoms with van der Waals surface area (Å²) in [6, 6.07) is 6.16. The summed E-state index contributed by atoms with van der Waals surface area (Å²) in [6.45, 7) is 2.25. The highest BCUT2D eigenvalue weighted by molar-refractivity contribution is 5.66. The number of hydrogen-bond acceptors (Lipinski definition) is 2. The van der Waals surface area contributed by atoms with E-state index in [4.69, 9.17) is 0 Å². The standard InChI is InChI=1S/C14H20N3/c1-2-3-4-5-6-7-9-12-10-8-11-13-14(12)16-17-15-13/h8,10-11H,2-7,9H2,1H3. The zero-order valence-electron chi connectivity index (χ0n) is 10.5. The third-order valence-corrected chi connectivity index (χ3v) is 3.20. The van der Waals surface area contributed by atoms with E-state index < -0.39 is 0 Å². The Morgan fingerprint density at radius 2 is 1.82 bits per heavy atom. The fourth-order valence-electron chi connectivity index (χ4n) is 2.19. The van der Waals surface area contributed by atoms with Crippen molar-refractivity contribution in [1.82, 2.24) is 5.43 Å². The average molecular weight is 230 g/mol. The Morgan fingerprint density at radius 3 is 2.71 bits per heavy atom. The van der Waals surface area contributed by atoms with Crippen LogP contribution in [0.2, 0.25) is 0 Å². The van der Waals surface area contributed by atoms with Crippen LogP contribution in [0.1, 0.15) is 51.0 Å². The van der Waals surface area contributed by atoms with Gasteiger partial charge in [-0.2, -0.15) is 0 Å². The van der Waals surface area contributed by atoms with Gasteiger partial charge in [0.15, 0.2) is 0 Å². The number of fused-ring (bicyclic) bond motifs is 1. The second kappa shape index (κ2) is 6.38. The highest BCUT2D eigenvalue weighted by atomic mass is 15.5. The lowest BCUT2D eigenvalue weighted by Gasteiger charge is -2.04. The lowest BCUT2D eigenvalue weighted by atomic mass is 10.0. The molecule has 0 atom stereocenters. The maximum atomic E-state index is 4.09. The Labute approximate surface area is 103 Å². The van der Waals surface area contributed by atoms with E-state index in [1.165, 1.54) is 44.1 Å². The third kappa shape index (κ3) is 3.29. The van der Waals surface area contributed by atoms with Crippen LogP contribution in [-0.2, 0) is 6.42 Å². The smallest absolute Gasteiger partial charge is 0.118 e. The first-order chi connectivity index (χ1) is 8.42. The summed E-state index contributed by atoms with van der Waals surface area (Å²) in [5.41, 5.74) is 7.19. The second-order valence-corrected chi connectivity index (χ2v) is 4.59. The molecular formula is C14H20N3. The summed E-state index contributed by atoms with van der Waals surface area (Å²) >= 11 is 0. The minimum Gasteiger partial charge on any atom is -0.128 e. The molecule has 1 heterocycles. The number of benzene rings is 1. The van der Waals surface area contributed by atoms with Gasteiger partial charge in [0.2, 0.25) is 0 Å². The fraction of sp³-hybridized carbons (Fsp3) is 0.571. The van der Waals surface area contributed by atoms with Crippen LogP contribution in [-0.4, -0.2) is 0 Å². The maximum absolute atomic E-state index is 4.09. The Hall–Kier alpha value is -1.38. The zero-order valence-corrected chi connectivity index (χ0v) is 10.5. The predicted octanol–water partition coefficient (Wildman–Crippen LogP) is 4.84. The Bertz CT molecular complexity index is 385. The van der Waals surface area contributed by atoms with E-state index in [-0.39, 0.29) is 0 Å². The van der Waals surface area contributed by atoms with Gasteiger partial charge in [-0.15, -0.1) is 10.5 Å². The number of aryl methyl sites for hydroxylation is 1. The first kappa shape index (κ1) is 12.1. The number of hydrogen-bond donors (Lipinski definition) is 0. The SMILES string of the molecule is CCCCCCCCc1cccc2c1N=N[N]2. The lowest BCUT2D eigenvalue weighted by molar-refractivity contribution is 0.608. The first-order valence-corrected chi connectivity index (χ1v) is 6.65. The Kier molecular flexibility index (Phi) is 4.54. The van der Waals surface area contributed by atoms with Gasteiger partial charge in [-0.3, -0.25) is 0 Å². The highest BCUT2D eigenvalue weighted by Crippen LogP contribution is 2.34. The molecule has 0 aliphatic carbocycles. The highest BCUT2D eigenvalue weighted by Gasteiger charge is 2.12. The molecule has 17 heavy (non-hydrogen) atoms. The normalized spacial score (nSPS) is 12.5. The van der Waals surface area contributed by atoms with Crippen molar-refractivity contribution in [2.24, 2.45) is 10.3 Å². The van der Waals surface area contributed by atoms with E-state index in [1.807, 2.05) is 12.1 Å². The molecule has 2 rings (SSSR count). The Balaban J connectivity index is 1.76. The van der Waals surface area contributed by atoms with Crippen LogP contribution in [0.25, 0.3) is 0 Å². The summed E-state index contributed by atoms with van der Waals surface area (Å²) in [7, 11) is 0. The van der Waals surface area contributed by atoms with Gasteiger partial charge in [0.05, 0.1) is 0 Å². The van der Waals surface area contributed by atoms with E-state index in [9.17, 15) is 0 Å². The van der Waals surface area contributed by atoms with Crippen LogP contribution >= 0.6 is 0 Å². The lowest BCUT2D eigenvalue weighted by Crippen LogP contribution is -1.88. The van der Waals surface area contributed by atoms with E-state index in [0.717, 1.165) is 17.8 Å². The summed E-state index contributed by atoms with van der Waals surface area (Å²) < 4.78 is 0. The molecule has 1 aromatic rings. The van der Waals surface area contributed by atoms with Gasteiger partial charge >= 0.3 is 0 Å². The summed E-state index contributed by atoms with van der Waals surface area (Å²) in [6.07, 6.45) is 9.08. The van der Waals surface area contributed by atoms with Gasteiger partial charge in [0.1, 0.15) is 11.4 Å². The molecule has 3 heteroatoms. The van der Waals surface area contributed by atoms with Gasteiger partial charge in [0, 0.05) is 0 Å². The van der Waals surface area contributed by atoms with Crippen molar-refractivity contribution in [1.29, 1.82) is 0 Å². The van der Waals surface area contributed by atoms with Crippen LogP contribution in [0, 0.1) is 0 Å². The maximum Gasteiger partial charge on any atom is 0.118 e. The fourth-order valence-corrected chi connectivity index (χ4v) is 2.19. The molecule has 0 saturated heterocycles. The summed E-state index contributed by atoms with van der Waals surface area (Å²) in [5.74, 6) is 0. The van der Waals surface area contributed by atoms with Gasteiger partial charge < -0.3 is 0 Å². The molecule has 0 aromatic heterocycles. The minimum atomic E-state index is 0.925. The number of unbranched alkanes of at least 4 members (excludes halogenated alkanes) is 5. The third-order valence-electron chi connectivity index (χ3n) is 3.20. The predicted molar refractivity (Wildman–Crippen MR) is 69.8 cm³/mol. The Morgan fingerprint density at radius 1 is 1.00 bits per heavy atom. The number of rotatable bonds is 7. The van der Waals surface area contributed by atoms with Gasteiger partial charge in [0.25, 0.3) is 0 Å². The molecule has 91 valence electrons. The van der Waals surface area contributed by atoms with Crippen molar-refractivity contribution >= 4 is 11.4 Å². The van der Waals surface area contributed by atoms with Crippen molar-refractivity contribution < 1.29 is 0 Å². The average Bonchev–Trinajstić information content (AvgIpc) is 2.82. The molecule has 1 radical (unpaired) electrons. The van der Waals surface area contributed by atoms with E-state index in [1.54, 1.807) is 0 Å². The summed E-state index contributed by atoms with van der Waals surface area (Å²) in [5, 5.41) is 7.82. The molecule has 0 N–H and O–H groups in total. The van der Waals surface area contributed by atoms with E-state index >= 15 is 0 Å². The van der Waals surface area contributed by atoms with E-state index in [2.05, 4.69) is 28.8 Å². The largest absolute Gasteiger partial charge is 0.128 e. The molecule has 3 nitrogen and oxygen atoms in total. The van der Waals surface area contributed by atoms with Crippen molar-refractivity contribution in [2.45, 2.75) is 51.9 Å². The quantitative estimate of drug-likeness (QED) is 0.601. The zero-order chi connectivity index (χ0) is 11.9. The van der Waals surface area contributed by atoms with Crippen molar-refractivity contribution in [2.75, 3.05) is 0 Å². The molecule has 0 amide bonds. The van der Waals surface area contributed by atoms with Crippen LogP contribution in [0.3, 0.4) is 0 Å². The molecule has 0 spiro atoms. The molecule has 1 aliphatic heterocycles. The van der Waals surface area contributed by atoms with Crippen LogP contribution < -0.4 is 5.43 Å². The molecule has 0 bridgehead atoms. The first-order valence-electron chi connectivity index (χ1n) is 6.65. The van der Waals surface area contributed by atoms with Gasteiger partial charge in [-0.1, -0.05) is 51.2 Å². The molecule has 1 aliphatic rings. The van der Waals surface area contributed by atoms with Crippen LogP contribution in [0.4, 0.5) is 11.4 Å². The molecular weight excluding hydrogens is 210 g/mol. The monoisotopic (exact) mass is 230 g/mol. The summed E-state index contributed by atoms with van der Waals surface area (Å²) in [4.78, 5) is 0. The van der Waals surface area contributed by atoms with Gasteiger partial charge in [-0.05, 0) is 29.7 Å². The molecule has 0 fully saturated rings. The minimum absolute atomic E-state index is 0.925. The topological polar surface area (TPSA) is 38.8 Å². The molecule has 1 aromatic carbocycles. The van der Waals surface area contributed by atoms with Crippen molar-refractivity contribution in [3.05, 3.63) is 23.8 Å². The molecule has 0 saturated carbocycles. The van der Waals surface area contributed by atoms with Gasteiger partial charge in [-0.25, -0.2) is 0 Å². The van der Waals surface area contributed by atoms with Crippen molar-refractivity contribution in [3.63, 3.8) is 0 Å². The van der Waals surface area contributed by atoms with E-state index in [0.29, 0.717) is 0 Å². The van der Waals surface area contributed by atoms with Crippen molar-refractivity contribution in [3.8, 4) is 0 Å². The molecule has 0 unspecified atom stereocenters.